The molecule has 0 N–H and O–H groups in total. The van der Waals surface area contributed by atoms with Gasteiger partial charge in [-0.3, -0.25) is 4.98 Å². The molecule has 1 saturated heterocycles. The van der Waals surface area contributed by atoms with Crippen LogP contribution in [0.5, 0.6) is 0 Å². The number of benzene rings is 1. The van der Waals surface area contributed by atoms with Gasteiger partial charge in [-0.15, -0.1) is 0 Å². The molecule has 24 heavy (non-hydrogen) atoms. The third-order valence-corrected chi connectivity index (χ3v) is 4.75. The number of nitrogens with zero attached hydrogens (tertiary/aromatic N) is 6. The topological polar surface area (TPSA) is 70.6 Å². The number of hydrogen-bond donors (Lipinski definition) is 0. The molecule has 0 spiro atoms. The number of hydrogen-bond acceptors (Lipinski definition) is 5. The predicted octanol–water partition coefficient (Wildman–Crippen LogP) is 3.19. The molecule has 0 aliphatic carbocycles. The van der Waals surface area contributed by atoms with Crippen molar-refractivity contribution in [3.05, 3.63) is 47.6 Å². The monoisotopic (exact) mass is 338 g/mol. The number of fused-ring (bicyclic) bond motifs is 1. The molecule has 1 fully saturated rings. The highest BCUT2D eigenvalue weighted by Gasteiger charge is 2.24. The van der Waals surface area contributed by atoms with Gasteiger partial charge in [-0.2, -0.15) is 10.4 Å². The maximum atomic E-state index is 9.51. The summed E-state index contributed by atoms with van der Waals surface area (Å²) >= 11 is 6.17. The molecular weight excluding hydrogens is 324 g/mol. The highest BCUT2D eigenvalue weighted by molar-refractivity contribution is 6.31. The number of aromatic nitrogens is 4. The van der Waals surface area contributed by atoms with E-state index in [1.165, 1.54) is 0 Å². The van der Waals surface area contributed by atoms with E-state index in [1.54, 1.807) is 18.9 Å². The molecule has 0 radical (unpaired) electrons. The van der Waals surface area contributed by atoms with Crippen molar-refractivity contribution in [1.82, 2.24) is 19.7 Å². The minimum absolute atomic E-state index is 0.353. The second-order valence-electron chi connectivity index (χ2n) is 5.89. The average Bonchev–Trinajstić information content (AvgIpc) is 3.15. The Bertz CT molecular complexity index is 907. The highest BCUT2D eigenvalue weighted by Crippen LogP contribution is 2.34. The number of piperidine rings is 1. The lowest BCUT2D eigenvalue weighted by Gasteiger charge is -2.34. The van der Waals surface area contributed by atoms with Crippen LogP contribution in [0.4, 0.5) is 5.69 Å². The van der Waals surface area contributed by atoms with Crippen molar-refractivity contribution in [2.45, 2.75) is 18.9 Å². The fraction of sp³-hybridized carbons (Fsp3) is 0.294. The Labute approximate surface area is 144 Å². The largest absolute Gasteiger partial charge is 0.370 e. The molecule has 7 heteroatoms. The van der Waals surface area contributed by atoms with Crippen molar-refractivity contribution in [2.75, 3.05) is 18.0 Å². The lowest BCUT2D eigenvalue weighted by molar-refractivity contribution is 0.366. The van der Waals surface area contributed by atoms with E-state index in [-0.39, 0.29) is 0 Å². The zero-order valence-electron chi connectivity index (χ0n) is 12.9. The summed E-state index contributed by atoms with van der Waals surface area (Å²) in [6, 6.07) is 8.23. The summed E-state index contributed by atoms with van der Waals surface area (Å²) in [5.41, 5.74) is 2.37. The molecule has 1 aliphatic rings. The van der Waals surface area contributed by atoms with Crippen molar-refractivity contribution in [3.63, 3.8) is 0 Å². The van der Waals surface area contributed by atoms with Gasteiger partial charge in [0.15, 0.2) is 0 Å². The Morgan fingerprint density at radius 2 is 2.08 bits per heavy atom. The summed E-state index contributed by atoms with van der Waals surface area (Å²) < 4.78 is 1.92. The average molecular weight is 339 g/mol. The Hall–Kier alpha value is -2.65. The van der Waals surface area contributed by atoms with Crippen LogP contribution in [0.15, 0.2) is 37.1 Å². The summed E-state index contributed by atoms with van der Waals surface area (Å²) in [7, 11) is 0. The first-order valence-electron chi connectivity index (χ1n) is 7.83. The minimum atomic E-state index is 0.353. The van der Waals surface area contributed by atoms with E-state index in [0.717, 1.165) is 42.5 Å². The first-order chi connectivity index (χ1) is 11.8. The van der Waals surface area contributed by atoms with Crippen molar-refractivity contribution < 1.29 is 0 Å². The van der Waals surface area contributed by atoms with E-state index in [4.69, 9.17) is 11.6 Å². The molecule has 3 heterocycles. The fourth-order valence-corrected chi connectivity index (χ4v) is 3.51. The van der Waals surface area contributed by atoms with Crippen LogP contribution in [0.25, 0.3) is 10.9 Å². The number of rotatable bonds is 2. The van der Waals surface area contributed by atoms with Gasteiger partial charge in [0.25, 0.3) is 0 Å². The van der Waals surface area contributed by atoms with Crippen LogP contribution < -0.4 is 4.90 Å². The number of anilines is 1. The number of halogens is 1. The molecule has 0 atom stereocenters. The number of pyridine rings is 1. The quantitative estimate of drug-likeness (QED) is 0.717. The van der Waals surface area contributed by atoms with Crippen LogP contribution in [-0.2, 0) is 0 Å². The van der Waals surface area contributed by atoms with E-state index in [0.29, 0.717) is 16.6 Å². The van der Waals surface area contributed by atoms with Gasteiger partial charge in [0.05, 0.1) is 22.8 Å². The molecule has 120 valence electrons. The molecule has 1 aliphatic heterocycles. The molecule has 2 aromatic heterocycles. The van der Waals surface area contributed by atoms with E-state index in [1.807, 2.05) is 22.9 Å². The second-order valence-corrected chi connectivity index (χ2v) is 6.32. The van der Waals surface area contributed by atoms with Gasteiger partial charge < -0.3 is 4.90 Å². The summed E-state index contributed by atoms with van der Waals surface area (Å²) in [5.74, 6) is 0. The Balaban J connectivity index is 1.69. The molecule has 0 bridgehead atoms. The summed E-state index contributed by atoms with van der Waals surface area (Å²) in [6.45, 7) is 1.70. The zero-order valence-corrected chi connectivity index (χ0v) is 13.7. The van der Waals surface area contributed by atoms with Crippen molar-refractivity contribution >= 4 is 28.2 Å². The van der Waals surface area contributed by atoms with Crippen molar-refractivity contribution in [3.8, 4) is 6.07 Å². The van der Waals surface area contributed by atoms with Crippen LogP contribution in [0.2, 0.25) is 5.02 Å². The fourth-order valence-electron chi connectivity index (χ4n) is 3.33. The Morgan fingerprint density at radius 3 is 2.79 bits per heavy atom. The molecule has 0 saturated carbocycles. The summed E-state index contributed by atoms with van der Waals surface area (Å²) in [5, 5.41) is 15.3. The highest BCUT2D eigenvalue weighted by atomic mass is 35.5. The third-order valence-electron chi connectivity index (χ3n) is 4.51. The van der Waals surface area contributed by atoms with E-state index in [9.17, 15) is 5.26 Å². The van der Waals surface area contributed by atoms with Crippen molar-refractivity contribution in [2.24, 2.45) is 0 Å². The van der Waals surface area contributed by atoms with Crippen molar-refractivity contribution in [1.29, 1.82) is 5.26 Å². The van der Waals surface area contributed by atoms with Gasteiger partial charge in [0.2, 0.25) is 0 Å². The predicted molar refractivity (Wildman–Crippen MR) is 92.0 cm³/mol. The molecule has 1 aromatic carbocycles. The van der Waals surface area contributed by atoms with E-state index in [2.05, 4.69) is 26.0 Å². The van der Waals surface area contributed by atoms with Crippen LogP contribution in [0.1, 0.15) is 24.4 Å². The van der Waals surface area contributed by atoms with E-state index < -0.39 is 0 Å². The lowest BCUT2D eigenvalue weighted by atomic mass is 10.0. The summed E-state index contributed by atoms with van der Waals surface area (Å²) in [4.78, 5) is 10.7. The molecule has 0 amide bonds. The maximum absolute atomic E-state index is 9.51. The smallest absolute Gasteiger partial charge is 0.137 e. The first-order valence-corrected chi connectivity index (χ1v) is 8.21. The van der Waals surface area contributed by atoms with Gasteiger partial charge in [0.1, 0.15) is 18.7 Å². The second kappa shape index (κ2) is 6.10. The SMILES string of the molecule is N#Cc1cnc2ccc(Cl)cc2c1N1CCC(n2cncn2)CC1. The van der Waals surface area contributed by atoms with Crippen LogP contribution in [0, 0.1) is 11.3 Å². The summed E-state index contributed by atoms with van der Waals surface area (Å²) in [6.07, 6.45) is 6.90. The van der Waals surface area contributed by atoms with Crippen LogP contribution in [0.3, 0.4) is 0 Å². The molecule has 0 unspecified atom stereocenters. The normalized spacial score (nSPS) is 15.6. The van der Waals surface area contributed by atoms with Crippen LogP contribution in [-0.4, -0.2) is 32.8 Å². The van der Waals surface area contributed by atoms with Gasteiger partial charge in [-0.1, -0.05) is 11.6 Å². The molecule has 3 aromatic rings. The maximum Gasteiger partial charge on any atom is 0.137 e. The number of nitriles is 1. The third kappa shape index (κ3) is 2.57. The lowest BCUT2D eigenvalue weighted by Crippen LogP contribution is -2.35. The molecular formula is C17H15ClN6. The Kier molecular flexibility index (Phi) is 3.79. The van der Waals surface area contributed by atoms with Gasteiger partial charge >= 0.3 is 0 Å². The van der Waals surface area contributed by atoms with Gasteiger partial charge in [0, 0.05) is 29.7 Å². The minimum Gasteiger partial charge on any atom is -0.370 e. The van der Waals surface area contributed by atoms with Gasteiger partial charge in [-0.05, 0) is 31.0 Å². The standard InChI is InChI=1S/C17H15ClN6/c18-13-1-2-16-15(7-13)17(12(8-19)9-21-16)23-5-3-14(4-6-23)24-11-20-10-22-24/h1-2,7,9-11,14H,3-6H2. The zero-order chi connectivity index (χ0) is 16.5. The first kappa shape index (κ1) is 14.9. The van der Waals surface area contributed by atoms with Gasteiger partial charge in [-0.25, -0.2) is 9.67 Å². The van der Waals surface area contributed by atoms with Crippen LogP contribution >= 0.6 is 11.6 Å². The molecule has 4 rings (SSSR count). The molecule has 6 nitrogen and oxygen atoms in total. The van der Waals surface area contributed by atoms with E-state index >= 15 is 0 Å². The Morgan fingerprint density at radius 1 is 1.25 bits per heavy atom.